The SMILES string of the molecule is CC(C)CCC(=O)N1Cc2ccnn2[C@H](C(=O)N(C)C)C1. The summed E-state index contributed by atoms with van der Waals surface area (Å²) in [5, 5.41) is 4.24. The number of hydrogen-bond donors (Lipinski definition) is 0. The number of nitrogens with zero attached hydrogens (tertiary/aromatic N) is 4. The maximum atomic E-state index is 12.3. The number of fused-ring (bicyclic) bond motifs is 1. The molecule has 1 aromatic heterocycles. The minimum Gasteiger partial charge on any atom is -0.347 e. The van der Waals surface area contributed by atoms with Crippen molar-refractivity contribution in [1.29, 1.82) is 0 Å². The van der Waals surface area contributed by atoms with E-state index < -0.39 is 6.04 Å². The summed E-state index contributed by atoms with van der Waals surface area (Å²) in [6, 6.07) is 1.46. The molecule has 0 unspecified atom stereocenters. The molecule has 2 rings (SSSR count). The summed E-state index contributed by atoms with van der Waals surface area (Å²) in [6.45, 7) is 5.16. The number of hydrogen-bond acceptors (Lipinski definition) is 3. The van der Waals surface area contributed by atoms with Crippen LogP contribution in [0.25, 0.3) is 0 Å². The Balaban J connectivity index is 2.14. The Bertz CT molecular complexity index is 521. The maximum absolute atomic E-state index is 12.3. The predicted molar refractivity (Wildman–Crippen MR) is 79.4 cm³/mol. The Kier molecular flexibility index (Phi) is 4.65. The van der Waals surface area contributed by atoms with E-state index in [9.17, 15) is 9.59 Å². The summed E-state index contributed by atoms with van der Waals surface area (Å²) in [6.07, 6.45) is 3.10. The van der Waals surface area contributed by atoms with E-state index >= 15 is 0 Å². The van der Waals surface area contributed by atoms with Gasteiger partial charge in [-0.1, -0.05) is 13.8 Å². The van der Waals surface area contributed by atoms with Crippen molar-refractivity contribution in [2.75, 3.05) is 20.6 Å². The molecule has 6 nitrogen and oxygen atoms in total. The molecule has 1 aliphatic rings. The van der Waals surface area contributed by atoms with Gasteiger partial charge in [0, 0.05) is 26.7 Å². The molecule has 2 amide bonds. The van der Waals surface area contributed by atoms with Crippen LogP contribution in [-0.2, 0) is 16.1 Å². The van der Waals surface area contributed by atoms with Crippen LogP contribution in [0.2, 0.25) is 0 Å². The fourth-order valence-corrected chi connectivity index (χ4v) is 2.53. The summed E-state index contributed by atoms with van der Waals surface area (Å²) in [5.74, 6) is 0.595. The third-order valence-corrected chi connectivity index (χ3v) is 3.81. The molecule has 0 aromatic carbocycles. The fraction of sp³-hybridized carbons (Fsp3) is 0.667. The van der Waals surface area contributed by atoms with Crippen molar-refractivity contribution in [2.24, 2.45) is 5.92 Å². The lowest BCUT2D eigenvalue weighted by Crippen LogP contribution is -2.46. The molecule has 0 aliphatic carbocycles. The van der Waals surface area contributed by atoms with Gasteiger partial charge in [-0.15, -0.1) is 0 Å². The van der Waals surface area contributed by atoms with E-state index in [4.69, 9.17) is 0 Å². The molecule has 0 fully saturated rings. The predicted octanol–water partition coefficient (Wildman–Crippen LogP) is 1.29. The van der Waals surface area contributed by atoms with Gasteiger partial charge < -0.3 is 9.80 Å². The van der Waals surface area contributed by atoms with Crippen molar-refractivity contribution >= 4 is 11.8 Å². The normalized spacial score (nSPS) is 17.8. The Morgan fingerprint density at radius 1 is 1.43 bits per heavy atom. The van der Waals surface area contributed by atoms with E-state index in [1.54, 1.807) is 34.8 Å². The van der Waals surface area contributed by atoms with Crippen LogP contribution in [0.1, 0.15) is 38.4 Å². The number of amides is 2. The molecule has 0 N–H and O–H groups in total. The highest BCUT2D eigenvalue weighted by molar-refractivity contribution is 5.82. The Labute approximate surface area is 125 Å². The highest BCUT2D eigenvalue weighted by Gasteiger charge is 2.33. The average molecular weight is 292 g/mol. The zero-order valence-corrected chi connectivity index (χ0v) is 13.2. The number of carbonyl (C=O) groups is 2. The van der Waals surface area contributed by atoms with Crippen LogP contribution in [-0.4, -0.2) is 52.0 Å². The highest BCUT2D eigenvalue weighted by Crippen LogP contribution is 2.22. The molecule has 1 aliphatic heterocycles. The molecular weight excluding hydrogens is 268 g/mol. The highest BCUT2D eigenvalue weighted by atomic mass is 16.2. The molecule has 6 heteroatoms. The third-order valence-electron chi connectivity index (χ3n) is 3.81. The Morgan fingerprint density at radius 3 is 2.76 bits per heavy atom. The summed E-state index contributed by atoms with van der Waals surface area (Å²) in [4.78, 5) is 28.0. The first-order valence-electron chi connectivity index (χ1n) is 7.41. The van der Waals surface area contributed by atoms with E-state index in [-0.39, 0.29) is 11.8 Å². The van der Waals surface area contributed by atoms with Crippen LogP contribution in [0.3, 0.4) is 0 Å². The lowest BCUT2D eigenvalue weighted by molar-refractivity contribution is -0.138. The van der Waals surface area contributed by atoms with Crippen LogP contribution < -0.4 is 0 Å². The molecule has 0 bridgehead atoms. The molecule has 0 saturated carbocycles. The molecular formula is C15H24N4O2. The van der Waals surface area contributed by atoms with Gasteiger partial charge in [0.15, 0.2) is 0 Å². The fourth-order valence-electron chi connectivity index (χ4n) is 2.53. The zero-order valence-electron chi connectivity index (χ0n) is 13.2. The van der Waals surface area contributed by atoms with E-state index in [1.165, 1.54) is 0 Å². The second-order valence-electron chi connectivity index (χ2n) is 6.22. The number of rotatable bonds is 4. The van der Waals surface area contributed by atoms with Gasteiger partial charge in [-0.3, -0.25) is 14.3 Å². The first-order valence-corrected chi connectivity index (χ1v) is 7.41. The lowest BCUT2D eigenvalue weighted by Gasteiger charge is -2.34. The van der Waals surface area contributed by atoms with Crippen molar-refractivity contribution < 1.29 is 9.59 Å². The smallest absolute Gasteiger partial charge is 0.248 e. The van der Waals surface area contributed by atoms with E-state index in [1.807, 2.05) is 6.07 Å². The van der Waals surface area contributed by atoms with Crippen LogP contribution >= 0.6 is 0 Å². The number of carbonyl (C=O) groups excluding carboxylic acids is 2. The largest absolute Gasteiger partial charge is 0.347 e. The van der Waals surface area contributed by atoms with Gasteiger partial charge in [0.2, 0.25) is 11.8 Å². The average Bonchev–Trinajstić information content (AvgIpc) is 2.90. The number of likely N-dealkylation sites (N-methyl/N-ethyl adjacent to an activating group) is 1. The standard InChI is InChI=1S/C15H24N4O2/c1-11(2)5-6-14(20)18-9-12-7-8-16-19(12)13(10-18)15(21)17(3)4/h7-8,11,13H,5-6,9-10H2,1-4H3/t13-/m0/s1. The minimum atomic E-state index is -0.415. The Hall–Kier alpha value is -1.85. The van der Waals surface area contributed by atoms with Gasteiger partial charge in [0.05, 0.1) is 18.8 Å². The molecule has 0 saturated heterocycles. The second kappa shape index (κ2) is 6.28. The van der Waals surface area contributed by atoms with Crippen molar-refractivity contribution in [3.05, 3.63) is 18.0 Å². The van der Waals surface area contributed by atoms with Gasteiger partial charge >= 0.3 is 0 Å². The maximum Gasteiger partial charge on any atom is 0.248 e. The summed E-state index contributed by atoms with van der Waals surface area (Å²) >= 11 is 0. The van der Waals surface area contributed by atoms with Gasteiger partial charge in [0.1, 0.15) is 6.04 Å². The summed E-state index contributed by atoms with van der Waals surface area (Å²) in [5.41, 5.74) is 0.916. The van der Waals surface area contributed by atoms with E-state index in [0.29, 0.717) is 25.4 Å². The molecule has 21 heavy (non-hydrogen) atoms. The van der Waals surface area contributed by atoms with Crippen molar-refractivity contribution in [1.82, 2.24) is 19.6 Å². The summed E-state index contributed by atoms with van der Waals surface area (Å²) < 4.78 is 1.74. The van der Waals surface area contributed by atoms with Crippen LogP contribution in [0.5, 0.6) is 0 Å². The monoisotopic (exact) mass is 292 g/mol. The van der Waals surface area contributed by atoms with E-state index in [0.717, 1.165) is 12.1 Å². The van der Waals surface area contributed by atoms with Gasteiger partial charge in [-0.05, 0) is 18.4 Å². The van der Waals surface area contributed by atoms with Crippen LogP contribution in [0.15, 0.2) is 12.3 Å². The first-order chi connectivity index (χ1) is 9.90. The Morgan fingerprint density at radius 2 is 2.14 bits per heavy atom. The van der Waals surface area contributed by atoms with Crippen molar-refractivity contribution in [2.45, 2.75) is 39.3 Å². The molecule has 1 aromatic rings. The zero-order chi connectivity index (χ0) is 15.6. The summed E-state index contributed by atoms with van der Waals surface area (Å²) in [7, 11) is 3.45. The topological polar surface area (TPSA) is 58.4 Å². The third kappa shape index (κ3) is 3.43. The molecule has 2 heterocycles. The number of aromatic nitrogens is 2. The molecule has 116 valence electrons. The van der Waals surface area contributed by atoms with Crippen LogP contribution in [0, 0.1) is 5.92 Å². The van der Waals surface area contributed by atoms with Gasteiger partial charge in [-0.25, -0.2) is 0 Å². The first kappa shape index (κ1) is 15.5. The van der Waals surface area contributed by atoms with Crippen molar-refractivity contribution in [3.8, 4) is 0 Å². The minimum absolute atomic E-state index is 0.0266. The molecule has 0 spiro atoms. The van der Waals surface area contributed by atoms with Crippen LogP contribution in [0.4, 0.5) is 0 Å². The van der Waals surface area contributed by atoms with E-state index in [2.05, 4.69) is 18.9 Å². The van der Waals surface area contributed by atoms with Gasteiger partial charge in [0.25, 0.3) is 0 Å². The molecule has 0 radical (unpaired) electrons. The second-order valence-corrected chi connectivity index (χ2v) is 6.22. The van der Waals surface area contributed by atoms with Crippen molar-refractivity contribution in [3.63, 3.8) is 0 Å². The van der Waals surface area contributed by atoms with Gasteiger partial charge in [-0.2, -0.15) is 5.10 Å². The quantitative estimate of drug-likeness (QED) is 0.840. The molecule has 1 atom stereocenters. The lowest BCUT2D eigenvalue weighted by atomic mass is 10.1.